The predicted molar refractivity (Wildman–Crippen MR) is 50.0 cm³/mol. The fraction of sp³-hybridized carbons (Fsp3) is 1.00. The molecule has 3 N–H and O–H groups in total. The Labute approximate surface area is 74.5 Å². The molecule has 12 heavy (non-hydrogen) atoms. The summed E-state index contributed by atoms with van der Waals surface area (Å²) in [4.78, 5) is 2.45. The van der Waals surface area contributed by atoms with Gasteiger partial charge in [0.25, 0.3) is 0 Å². The van der Waals surface area contributed by atoms with Crippen LogP contribution in [0.5, 0.6) is 0 Å². The summed E-state index contributed by atoms with van der Waals surface area (Å²) in [5.41, 5.74) is 5.51. The van der Waals surface area contributed by atoms with E-state index in [9.17, 15) is 0 Å². The highest BCUT2D eigenvalue weighted by atomic mass is 16.2. The van der Waals surface area contributed by atoms with Crippen LogP contribution in [0.3, 0.4) is 0 Å². The van der Waals surface area contributed by atoms with Gasteiger partial charge in [0.05, 0.1) is 0 Å². The van der Waals surface area contributed by atoms with Gasteiger partial charge in [-0.1, -0.05) is 0 Å². The van der Waals surface area contributed by atoms with E-state index in [2.05, 4.69) is 4.90 Å². The molecule has 0 spiro atoms. The third-order valence-corrected chi connectivity index (χ3v) is 2.33. The van der Waals surface area contributed by atoms with Crippen LogP contribution in [0.15, 0.2) is 0 Å². The monoisotopic (exact) mass is 172 g/mol. The van der Waals surface area contributed by atoms with Crippen molar-refractivity contribution >= 4 is 0 Å². The lowest BCUT2D eigenvalue weighted by molar-refractivity contribution is 0.239. The highest BCUT2D eigenvalue weighted by Gasteiger charge is 2.27. The summed E-state index contributed by atoms with van der Waals surface area (Å²) in [6.45, 7) is 3.22. The first kappa shape index (κ1) is 9.96. The molecule has 1 aliphatic rings. The normalized spacial score (nSPS) is 17.2. The van der Waals surface area contributed by atoms with Gasteiger partial charge in [0.15, 0.2) is 0 Å². The van der Waals surface area contributed by atoms with Crippen molar-refractivity contribution in [1.82, 2.24) is 4.90 Å². The summed E-state index contributed by atoms with van der Waals surface area (Å²) in [7, 11) is 0. The second kappa shape index (κ2) is 5.51. The number of aliphatic hydroxyl groups excluding tert-OH is 1. The fourth-order valence-corrected chi connectivity index (χ4v) is 1.51. The maximum absolute atomic E-state index is 8.62. The van der Waals surface area contributed by atoms with E-state index in [-0.39, 0.29) is 0 Å². The third kappa shape index (κ3) is 3.52. The van der Waals surface area contributed by atoms with E-state index in [4.69, 9.17) is 10.8 Å². The first-order chi connectivity index (χ1) is 5.88. The van der Waals surface area contributed by atoms with Gasteiger partial charge in [0.2, 0.25) is 0 Å². The molecule has 1 rings (SSSR count). The Morgan fingerprint density at radius 3 is 2.50 bits per heavy atom. The quantitative estimate of drug-likeness (QED) is 0.539. The minimum absolute atomic E-state index is 0.321. The Hall–Kier alpha value is -0.120. The Kier molecular flexibility index (Phi) is 4.58. The van der Waals surface area contributed by atoms with Gasteiger partial charge in [0.1, 0.15) is 0 Å². The summed E-state index contributed by atoms with van der Waals surface area (Å²) in [5.74, 6) is 0. The van der Waals surface area contributed by atoms with Crippen LogP contribution in [-0.2, 0) is 0 Å². The Balaban J connectivity index is 2.05. The minimum atomic E-state index is 0.321. The highest BCUT2D eigenvalue weighted by molar-refractivity contribution is 4.84. The zero-order chi connectivity index (χ0) is 8.81. The van der Waals surface area contributed by atoms with E-state index in [1.54, 1.807) is 0 Å². The number of hydrogen-bond donors (Lipinski definition) is 2. The van der Waals surface area contributed by atoms with Gasteiger partial charge in [-0.25, -0.2) is 0 Å². The minimum Gasteiger partial charge on any atom is -0.396 e. The van der Waals surface area contributed by atoms with E-state index in [1.807, 2.05) is 0 Å². The molecule has 0 saturated heterocycles. The zero-order valence-electron chi connectivity index (χ0n) is 7.71. The molecule has 1 aliphatic carbocycles. The van der Waals surface area contributed by atoms with Crippen LogP contribution in [-0.4, -0.2) is 42.3 Å². The molecule has 1 saturated carbocycles. The van der Waals surface area contributed by atoms with Gasteiger partial charge < -0.3 is 10.8 Å². The van der Waals surface area contributed by atoms with Crippen molar-refractivity contribution in [2.75, 3.05) is 26.2 Å². The summed E-state index contributed by atoms with van der Waals surface area (Å²) < 4.78 is 0. The van der Waals surface area contributed by atoms with Gasteiger partial charge in [-0.15, -0.1) is 0 Å². The van der Waals surface area contributed by atoms with Gasteiger partial charge in [0, 0.05) is 25.7 Å². The van der Waals surface area contributed by atoms with Crippen molar-refractivity contribution in [1.29, 1.82) is 0 Å². The molecule has 0 aliphatic heterocycles. The lowest BCUT2D eigenvalue weighted by Gasteiger charge is -2.20. The van der Waals surface area contributed by atoms with E-state index >= 15 is 0 Å². The van der Waals surface area contributed by atoms with Crippen LogP contribution in [0.2, 0.25) is 0 Å². The summed E-state index contributed by atoms with van der Waals surface area (Å²) in [6, 6.07) is 0.812. The number of rotatable bonds is 7. The van der Waals surface area contributed by atoms with Gasteiger partial charge in [-0.05, 0) is 32.2 Å². The Bertz CT molecular complexity index is 115. The second-order valence-corrected chi connectivity index (χ2v) is 3.49. The molecule has 0 aromatic rings. The van der Waals surface area contributed by atoms with Crippen LogP contribution in [0.1, 0.15) is 25.7 Å². The number of nitrogens with zero attached hydrogens (tertiary/aromatic N) is 1. The molecule has 0 radical (unpaired) electrons. The van der Waals surface area contributed by atoms with Crippen molar-refractivity contribution in [2.45, 2.75) is 31.7 Å². The van der Waals surface area contributed by atoms with Crippen LogP contribution < -0.4 is 5.73 Å². The topological polar surface area (TPSA) is 49.5 Å². The molecule has 0 heterocycles. The average Bonchev–Trinajstić information content (AvgIpc) is 2.86. The standard InChI is InChI=1S/C9H20N2O/c10-5-7-11(9-3-4-9)6-1-2-8-12/h9,12H,1-8,10H2. The maximum atomic E-state index is 8.62. The first-order valence-electron chi connectivity index (χ1n) is 4.93. The van der Waals surface area contributed by atoms with E-state index < -0.39 is 0 Å². The lowest BCUT2D eigenvalue weighted by Crippen LogP contribution is -2.32. The van der Waals surface area contributed by atoms with Crippen LogP contribution in [0, 0.1) is 0 Å². The number of hydrogen-bond acceptors (Lipinski definition) is 3. The van der Waals surface area contributed by atoms with Crippen molar-refractivity contribution in [3.05, 3.63) is 0 Å². The van der Waals surface area contributed by atoms with Gasteiger partial charge >= 0.3 is 0 Å². The molecule has 0 aromatic carbocycles. The molecule has 72 valence electrons. The first-order valence-corrected chi connectivity index (χ1v) is 4.93. The maximum Gasteiger partial charge on any atom is 0.0431 e. The summed E-state index contributed by atoms with van der Waals surface area (Å²) in [6.07, 6.45) is 4.72. The molecule has 0 aromatic heterocycles. The number of unbranched alkanes of at least 4 members (excludes halogenated alkanes) is 1. The summed E-state index contributed by atoms with van der Waals surface area (Å²) >= 11 is 0. The van der Waals surface area contributed by atoms with Crippen LogP contribution in [0.4, 0.5) is 0 Å². The van der Waals surface area contributed by atoms with E-state index in [1.165, 1.54) is 12.8 Å². The van der Waals surface area contributed by atoms with E-state index in [0.29, 0.717) is 6.61 Å². The molecule has 0 unspecified atom stereocenters. The molecular formula is C9H20N2O. The third-order valence-electron chi connectivity index (χ3n) is 2.33. The Morgan fingerprint density at radius 1 is 1.25 bits per heavy atom. The molecule has 0 bridgehead atoms. The highest BCUT2D eigenvalue weighted by Crippen LogP contribution is 2.26. The van der Waals surface area contributed by atoms with Crippen LogP contribution >= 0.6 is 0 Å². The number of nitrogens with two attached hydrogens (primary N) is 1. The Morgan fingerprint density at radius 2 is 2.00 bits per heavy atom. The fourth-order valence-electron chi connectivity index (χ4n) is 1.51. The summed E-state index contributed by atoms with van der Waals surface area (Å²) in [5, 5.41) is 8.62. The molecule has 3 nitrogen and oxygen atoms in total. The van der Waals surface area contributed by atoms with Gasteiger partial charge in [-0.2, -0.15) is 0 Å². The molecule has 1 fully saturated rings. The van der Waals surface area contributed by atoms with E-state index in [0.717, 1.165) is 38.5 Å². The van der Waals surface area contributed by atoms with Crippen molar-refractivity contribution < 1.29 is 5.11 Å². The largest absolute Gasteiger partial charge is 0.396 e. The van der Waals surface area contributed by atoms with Crippen LogP contribution in [0.25, 0.3) is 0 Å². The number of aliphatic hydroxyl groups is 1. The van der Waals surface area contributed by atoms with Gasteiger partial charge in [-0.3, -0.25) is 4.90 Å². The molecule has 0 atom stereocenters. The smallest absolute Gasteiger partial charge is 0.0431 e. The van der Waals surface area contributed by atoms with Crippen molar-refractivity contribution in [3.8, 4) is 0 Å². The average molecular weight is 172 g/mol. The zero-order valence-corrected chi connectivity index (χ0v) is 7.71. The SMILES string of the molecule is NCCN(CCCCO)C1CC1. The van der Waals surface area contributed by atoms with Crippen molar-refractivity contribution in [2.24, 2.45) is 5.73 Å². The second-order valence-electron chi connectivity index (χ2n) is 3.49. The lowest BCUT2D eigenvalue weighted by atomic mass is 10.3. The van der Waals surface area contributed by atoms with Crippen molar-refractivity contribution in [3.63, 3.8) is 0 Å². The molecular weight excluding hydrogens is 152 g/mol. The predicted octanol–water partition coefficient (Wildman–Crippen LogP) is 0.182. The molecule has 3 heteroatoms. The molecule has 0 amide bonds.